The first kappa shape index (κ1) is 18.7. The van der Waals surface area contributed by atoms with Gasteiger partial charge in [-0.15, -0.1) is 0 Å². The van der Waals surface area contributed by atoms with Gasteiger partial charge in [0.2, 0.25) is 0 Å². The van der Waals surface area contributed by atoms with E-state index >= 15 is 0 Å². The van der Waals surface area contributed by atoms with Gasteiger partial charge in [0.1, 0.15) is 23.1 Å². The monoisotopic (exact) mass is 408 g/mol. The van der Waals surface area contributed by atoms with Crippen molar-refractivity contribution < 1.29 is 8.78 Å². The van der Waals surface area contributed by atoms with E-state index in [1.807, 2.05) is 29.6 Å². The van der Waals surface area contributed by atoms with E-state index in [1.54, 1.807) is 15.4 Å². The number of hydrogen-bond acceptors (Lipinski definition) is 4. The van der Waals surface area contributed by atoms with Gasteiger partial charge in [-0.1, -0.05) is 13.3 Å². The topological polar surface area (TPSA) is 51.3 Å². The lowest BCUT2D eigenvalue weighted by Crippen LogP contribution is -2.24. The minimum atomic E-state index is -0.429. The van der Waals surface area contributed by atoms with Crippen LogP contribution in [0.25, 0.3) is 11.3 Å². The van der Waals surface area contributed by atoms with E-state index in [1.165, 1.54) is 12.1 Å². The molecule has 1 aliphatic heterocycles. The molecule has 0 bridgehead atoms. The van der Waals surface area contributed by atoms with E-state index in [9.17, 15) is 8.78 Å². The van der Waals surface area contributed by atoms with Crippen molar-refractivity contribution in [2.24, 2.45) is 0 Å². The second kappa shape index (κ2) is 7.51. The number of aryl methyl sites for hydroxylation is 1. The summed E-state index contributed by atoms with van der Waals surface area (Å²) < 4.78 is 31.7. The van der Waals surface area contributed by atoms with Crippen LogP contribution < -0.4 is 4.90 Å². The summed E-state index contributed by atoms with van der Waals surface area (Å²) in [5.41, 5.74) is 2.99. The minimum Gasteiger partial charge on any atom is -0.349 e. The Bertz CT molecular complexity index is 1200. The van der Waals surface area contributed by atoms with Crippen molar-refractivity contribution in [1.29, 1.82) is 0 Å². The van der Waals surface area contributed by atoms with Crippen LogP contribution in [-0.2, 0) is 6.42 Å². The summed E-state index contributed by atoms with van der Waals surface area (Å²) in [4.78, 5) is 6.87. The molecule has 1 aromatic carbocycles. The van der Waals surface area contributed by atoms with E-state index < -0.39 is 5.82 Å². The molecule has 6 nitrogen and oxygen atoms in total. The lowest BCUT2D eigenvalue weighted by Gasteiger charge is -2.26. The highest BCUT2D eigenvalue weighted by Crippen LogP contribution is 2.37. The van der Waals surface area contributed by atoms with Crippen molar-refractivity contribution in [3.05, 3.63) is 71.8 Å². The van der Waals surface area contributed by atoms with Crippen LogP contribution in [0.2, 0.25) is 0 Å². The largest absolute Gasteiger partial charge is 0.349 e. The van der Waals surface area contributed by atoms with Crippen LogP contribution in [0, 0.1) is 11.6 Å². The molecule has 0 saturated carbocycles. The van der Waals surface area contributed by atoms with E-state index in [0.29, 0.717) is 11.2 Å². The Morgan fingerprint density at radius 1 is 1.13 bits per heavy atom. The van der Waals surface area contributed by atoms with Crippen molar-refractivity contribution in [2.45, 2.75) is 38.6 Å². The quantitative estimate of drug-likeness (QED) is 0.488. The van der Waals surface area contributed by atoms with Crippen LogP contribution in [0.3, 0.4) is 0 Å². The third-order valence-electron chi connectivity index (χ3n) is 5.62. The Hall–Kier alpha value is -3.29. The van der Waals surface area contributed by atoms with Crippen LogP contribution in [0.1, 0.15) is 43.4 Å². The second-order valence-electron chi connectivity index (χ2n) is 7.64. The Kier molecular flexibility index (Phi) is 4.69. The first-order chi connectivity index (χ1) is 14.6. The van der Waals surface area contributed by atoms with Crippen molar-refractivity contribution >= 4 is 11.5 Å². The molecule has 5 rings (SSSR count). The number of fused-ring (bicyclic) bond motifs is 1. The summed E-state index contributed by atoms with van der Waals surface area (Å²) in [5.74, 6) is -0.0999. The standard InChI is InChI=1S/C22H22F2N6/c1-2-4-15-12-25-30(14-15)20-13-26-29-10-8-21(27-22(20)29)28-9-3-5-19(28)17-11-16(23)6-7-18(17)24/h6-8,10-14,19H,2-5,9H2,1H3. The number of nitrogens with zero attached hydrogens (tertiary/aromatic N) is 6. The number of anilines is 1. The van der Waals surface area contributed by atoms with Crippen molar-refractivity contribution in [1.82, 2.24) is 24.4 Å². The van der Waals surface area contributed by atoms with Gasteiger partial charge in [-0.25, -0.2) is 23.0 Å². The zero-order valence-corrected chi connectivity index (χ0v) is 16.7. The molecule has 30 heavy (non-hydrogen) atoms. The lowest BCUT2D eigenvalue weighted by molar-refractivity contribution is 0.560. The highest BCUT2D eigenvalue weighted by Gasteiger charge is 2.30. The van der Waals surface area contributed by atoms with Gasteiger partial charge in [-0.3, -0.25) is 0 Å². The molecule has 0 N–H and O–H groups in total. The van der Waals surface area contributed by atoms with Gasteiger partial charge >= 0.3 is 0 Å². The number of halogens is 2. The molecular formula is C22H22F2N6. The second-order valence-corrected chi connectivity index (χ2v) is 7.64. The third-order valence-corrected chi connectivity index (χ3v) is 5.62. The lowest BCUT2D eigenvalue weighted by atomic mass is 10.0. The van der Waals surface area contributed by atoms with Gasteiger partial charge in [-0.05, 0) is 49.1 Å². The van der Waals surface area contributed by atoms with Crippen molar-refractivity contribution in [3.63, 3.8) is 0 Å². The SMILES string of the molecule is CCCc1cnn(-c2cnn3ccc(N4CCCC4c4cc(F)ccc4F)nc23)c1. The first-order valence-electron chi connectivity index (χ1n) is 10.2. The summed E-state index contributed by atoms with van der Waals surface area (Å²) >= 11 is 0. The highest BCUT2D eigenvalue weighted by atomic mass is 19.1. The summed E-state index contributed by atoms with van der Waals surface area (Å²) in [7, 11) is 0. The van der Waals surface area contributed by atoms with Gasteiger partial charge in [0.05, 0.1) is 18.4 Å². The molecular weight excluding hydrogens is 386 g/mol. The van der Waals surface area contributed by atoms with Crippen LogP contribution in [-0.4, -0.2) is 30.9 Å². The van der Waals surface area contributed by atoms with Crippen LogP contribution in [0.4, 0.5) is 14.6 Å². The maximum absolute atomic E-state index is 14.4. The normalized spacial score (nSPS) is 16.6. The maximum atomic E-state index is 14.4. The molecule has 8 heteroatoms. The predicted molar refractivity (Wildman–Crippen MR) is 110 cm³/mol. The molecule has 4 aromatic rings. The van der Waals surface area contributed by atoms with Gasteiger partial charge < -0.3 is 4.90 Å². The van der Waals surface area contributed by atoms with Crippen LogP contribution in [0.15, 0.2) is 49.1 Å². The zero-order valence-electron chi connectivity index (χ0n) is 16.7. The fraction of sp³-hybridized carbons (Fsp3) is 0.318. The molecule has 4 heterocycles. The van der Waals surface area contributed by atoms with E-state index in [-0.39, 0.29) is 11.9 Å². The molecule has 0 aliphatic carbocycles. The molecule has 1 unspecified atom stereocenters. The van der Waals surface area contributed by atoms with Gasteiger partial charge in [0, 0.05) is 24.5 Å². The molecule has 154 valence electrons. The number of aromatic nitrogens is 5. The molecule has 0 amide bonds. The fourth-order valence-corrected chi connectivity index (χ4v) is 4.21. The summed E-state index contributed by atoms with van der Waals surface area (Å²) in [6, 6.07) is 5.25. The predicted octanol–water partition coefficient (Wildman–Crippen LogP) is 4.49. The summed E-state index contributed by atoms with van der Waals surface area (Å²) in [6.07, 6.45) is 11.1. The Labute approximate surface area is 172 Å². The molecule has 0 radical (unpaired) electrons. The van der Waals surface area contributed by atoms with E-state index in [0.717, 1.165) is 55.4 Å². The number of hydrogen-bond donors (Lipinski definition) is 0. The molecule has 1 saturated heterocycles. The maximum Gasteiger partial charge on any atom is 0.183 e. The molecule has 3 aromatic heterocycles. The minimum absolute atomic E-state index is 0.247. The number of rotatable bonds is 5. The molecule has 1 atom stereocenters. The Morgan fingerprint density at radius 3 is 2.90 bits per heavy atom. The van der Waals surface area contributed by atoms with Crippen LogP contribution in [0.5, 0.6) is 0 Å². The average molecular weight is 408 g/mol. The highest BCUT2D eigenvalue weighted by molar-refractivity contribution is 5.61. The van der Waals surface area contributed by atoms with Crippen molar-refractivity contribution in [3.8, 4) is 5.69 Å². The fourth-order valence-electron chi connectivity index (χ4n) is 4.21. The zero-order chi connectivity index (χ0) is 20.7. The molecule has 1 aliphatic rings. The van der Waals surface area contributed by atoms with Gasteiger partial charge in [0.15, 0.2) is 5.65 Å². The Balaban J connectivity index is 1.53. The molecule has 1 fully saturated rings. The molecule has 0 spiro atoms. The van der Waals surface area contributed by atoms with Crippen molar-refractivity contribution in [2.75, 3.05) is 11.4 Å². The number of benzene rings is 1. The van der Waals surface area contributed by atoms with Crippen LogP contribution >= 0.6 is 0 Å². The smallest absolute Gasteiger partial charge is 0.183 e. The average Bonchev–Trinajstić information content (AvgIpc) is 3.48. The third kappa shape index (κ3) is 3.22. The van der Waals surface area contributed by atoms with Gasteiger partial charge in [0.25, 0.3) is 0 Å². The van der Waals surface area contributed by atoms with E-state index in [2.05, 4.69) is 17.1 Å². The first-order valence-corrected chi connectivity index (χ1v) is 10.2. The van der Waals surface area contributed by atoms with E-state index in [4.69, 9.17) is 4.98 Å². The summed E-state index contributed by atoms with van der Waals surface area (Å²) in [5, 5.41) is 8.84. The summed E-state index contributed by atoms with van der Waals surface area (Å²) in [6.45, 7) is 2.87. The van der Waals surface area contributed by atoms with Gasteiger partial charge in [-0.2, -0.15) is 10.2 Å². The Morgan fingerprint density at radius 2 is 2.03 bits per heavy atom.